The van der Waals surface area contributed by atoms with Crippen molar-refractivity contribution in [3.8, 4) is 5.75 Å². The quantitative estimate of drug-likeness (QED) is 0.475. The van der Waals surface area contributed by atoms with Crippen molar-refractivity contribution in [3.63, 3.8) is 0 Å². The molecule has 0 fully saturated rings. The van der Waals surface area contributed by atoms with Crippen LogP contribution in [0.2, 0.25) is 5.02 Å². The summed E-state index contributed by atoms with van der Waals surface area (Å²) in [7, 11) is 5.61. The van der Waals surface area contributed by atoms with Gasteiger partial charge in [0.05, 0.1) is 13.2 Å². The van der Waals surface area contributed by atoms with Gasteiger partial charge < -0.3 is 30.5 Å². The van der Waals surface area contributed by atoms with Crippen LogP contribution in [0.5, 0.6) is 5.75 Å². The van der Waals surface area contributed by atoms with Crippen molar-refractivity contribution in [2.75, 3.05) is 33.1 Å². The molecule has 0 saturated heterocycles. The Kier molecular flexibility index (Phi) is 10.9. The molecule has 0 aromatic heterocycles. The van der Waals surface area contributed by atoms with E-state index in [0.29, 0.717) is 16.5 Å². The number of nitrogens with zero attached hydrogens (tertiary/aromatic N) is 1. The maximum atomic E-state index is 12.4. The second-order valence-electron chi connectivity index (χ2n) is 6.64. The number of benzene rings is 2. The van der Waals surface area contributed by atoms with Crippen molar-refractivity contribution < 1.29 is 29.3 Å². The highest BCUT2D eigenvalue weighted by atomic mass is 35.5. The lowest BCUT2D eigenvalue weighted by Gasteiger charge is -2.21. The molecule has 0 radical (unpaired) electrons. The molecule has 0 aliphatic carbocycles. The molecule has 4 N–H and O–H groups in total. The van der Waals surface area contributed by atoms with Gasteiger partial charge in [-0.25, -0.2) is 14.4 Å². The fourth-order valence-corrected chi connectivity index (χ4v) is 2.56. The second kappa shape index (κ2) is 13.1. The predicted octanol–water partition coefficient (Wildman–Crippen LogP) is 3.32. The third-order valence-electron chi connectivity index (χ3n) is 3.95. The summed E-state index contributed by atoms with van der Waals surface area (Å²) in [4.78, 5) is 32.7. The first-order valence-corrected chi connectivity index (χ1v) is 9.58. The summed E-state index contributed by atoms with van der Waals surface area (Å²) in [6.45, 7) is 0.854. The van der Waals surface area contributed by atoms with E-state index in [-0.39, 0.29) is 12.1 Å². The van der Waals surface area contributed by atoms with Crippen molar-refractivity contribution in [1.82, 2.24) is 10.2 Å². The zero-order valence-electron chi connectivity index (χ0n) is 17.5. The molecular formula is C21H26ClN3O6. The van der Waals surface area contributed by atoms with Crippen LogP contribution >= 0.6 is 11.6 Å². The van der Waals surface area contributed by atoms with Gasteiger partial charge in [0, 0.05) is 16.8 Å². The van der Waals surface area contributed by atoms with Crippen LogP contribution in [0.3, 0.4) is 0 Å². The minimum atomic E-state index is -1.82. The summed E-state index contributed by atoms with van der Waals surface area (Å²) >= 11 is 5.97. The van der Waals surface area contributed by atoms with Crippen LogP contribution in [0.4, 0.5) is 10.5 Å². The van der Waals surface area contributed by atoms with Crippen molar-refractivity contribution in [2.24, 2.45) is 0 Å². The first-order valence-electron chi connectivity index (χ1n) is 9.20. The number of aliphatic carboxylic acids is 2. The lowest BCUT2D eigenvalue weighted by molar-refractivity contribution is -0.159. The number of hydrogen-bond acceptors (Lipinski definition) is 5. The number of carboxylic acid groups (broad SMARTS) is 2. The largest absolute Gasteiger partial charge is 0.497 e. The maximum Gasteiger partial charge on any atom is 0.414 e. The number of halogens is 1. The monoisotopic (exact) mass is 451 g/mol. The molecular weight excluding hydrogens is 426 g/mol. The molecule has 2 aromatic rings. The first-order chi connectivity index (χ1) is 14.6. The molecule has 0 bridgehead atoms. The molecule has 168 valence electrons. The molecule has 31 heavy (non-hydrogen) atoms. The molecule has 2 amide bonds. The van der Waals surface area contributed by atoms with E-state index in [1.807, 2.05) is 56.6 Å². The molecule has 2 rings (SSSR count). The summed E-state index contributed by atoms with van der Waals surface area (Å²) in [6, 6.07) is 14.4. The van der Waals surface area contributed by atoms with Gasteiger partial charge in [0.25, 0.3) is 0 Å². The van der Waals surface area contributed by atoms with E-state index in [9.17, 15) is 4.79 Å². The average molecular weight is 452 g/mol. The molecule has 0 saturated carbocycles. The van der Waals surface area contributed by atoms with Crippen molar-refractivity contribution >= 4 is 35.3 Å². The lowest BCUT2D eigenvalue weighted by Crippen LogP contribution is -2.34. The van der Waals surface area contributed by atoms with Crippen LogP contribution in [0.1, 0.15) is 18.0 Å². The minimum absolute atomic E-state index is 0.106. The van der Waals surface area contributed by atoms with Crippen LogP contribution in [0.15, 0.2) is 48.5 Å². The fourth-order valence-electron chi connectivity index (χ4n) is 2.43. The van der Waals surface area contributed by atoms with Crippen LogP contribution in [0, 0.1) is 0 Å². The highest BCUT2D eigenvalue weighted by Gasteiger charge is 2.15. The number of hydrogen-bond donors (Lipinski definition) is 4. The predicted molar refractivity (Wildman–Crippen MR) is 118 cm³/mol. The normalized spacial score (nSPS) is 11.0. The van der Waals surface area contributed by atoms with Gasteiger partial charge in [0.15, 0.2) is 0 Å². The Morgan fingerprint density at radius 3 is 2.19 bits per heavy atom. The van der Waals surface area contributed by atoms with Gasteiger partial charge in [0.1, 0.15) is 5.75 Å². The Hall–Kier alpha value is -3.30. The van der Waals surface area contributed by atoms with Crippen LogP contribution in [-0.2, 0) is 9.59 Å². The van der Waals surface area contributed by atoms with Gasteiger partial charge in [0.2, 0.25) is 0 Å². The number of amides is 2. The average Bonchev–Trinajstić information content (AvgIpc) is 2.72. The van der Waals surface area contributed by atoms with Crippen molar-refractivity contribution in [1.29, 1.82) is 0 Å². The van der Waals surface area contributed by atoms with Gasteiger partial charge in [-0.2, -0.15) is 0 Å². The van der Waals surface area contributed by atoms with E-state index < -0.39 is 11.9 Å². The maximum absolute atomic E-state index is 12.4. The molecule has 0 aliphatic heterocycles. The summed E-state index contributed by atoms with van der Waals surface area (Å²) in [6.07, 6.45) is 0.792. The van der Waals surface area contributed by atoms with Gasteiger partial charge in [-0.1, -0.05) is 29.8 Å². The van der Waals surface area contributed by atoms with Crippen LogP contribution < -0.4 is 15.4 Å². The highest BCUT2D eigenvalue weighted by molar-refractivity contribution is 6.30. The van der Waals surface area contributed by atoms with Crippen LogP contribution in [0.25, 0.3) is 0 Å². The minimum Gasteiger partial charge on any atom is -0.497 e. The third-order valence-corrected chi connectivity index (χ3v) is 4.21. The van der Waals surface area contributed by atoms with E-state index in [1.54, 1.807) is 13.2 Å². The Balaban J connectivity index is 0.000000703. The van der Waals surface area contributed by atoms with Crippen LogP contribution in [-0.4, -0.2) is 60.8 Å². The van der Waals surface area contributed by atoms with E-state index in [2.05, 4.69) is 15.5 Å². The van der Waals surface area contributed by atoms with Gasteiger partial charge in [-0.15, -0.1) is 0 Å². The van der Waals surface area contributed by atoms with Gasteiger partial charge >= 0.3 is 18.0 Å². The Labute approximate surface area is 185 Å². The highest BCUT2D eigenvalue weighted by Crippen LogP contribution is 2.21. The number of methoxy groups -OCH3 is 1. The molecule has 10 heteroatoms. The molecule has 0 heterocycles. The van der Waals surface area contributed by atoms with Gasteiger partial charge in [-0.05, 0) is 56.9 Å². The Morgan fingerprint density at radius 1 is 1.06 bits per heavy atom. The molecule has 1 unspecified atom stereocenters. The Bertz CT molecular complexity index is 862. The summed E-state index contributed by atoms with van der Waals surface area (Å²) in [5, 5.41) is 21.3. The number of carbonyl (C=O) groups is 3. The second-order valence-corrected chi connectivity index (χ2v) is 7.07. The first kappa shape index (κ1) is 25.7. The third kappa shape index (κ3) is 10.3. The number of nitrogens with one attached hydrogen (secondary N) is 2. The van der Waals surface area contributed by atoms with Gasteiger partial charge in [-0.3, -0.25) is 0 Å². The Morgan fingerprint density at radius 2 is 1.68 bits per heavy atom. The molecule has 9 nitrogen and oxygen atoms in total. The number of rotatable bonds is 7. The number of urea groups is 1. The lowest BCUT2D eigenvalue weighted by atomic mass is 10.0. The van der Waals surface area contributed by atoms with E-state index in [4.69, 9.17) is 36.1 Å². The molecule has 0 spiro atoms. The summed E-state index contributed by atoms with van der Waals surface area (Å²) < 4.78 is 5.17. The van der Waals surface area contributed by atoms with E-state index >= 15 is 0 Å². The zero-order valence-corrected chi connectivity index (χ0v) is 18.2. The molecule has 2 aromatic carbocycles. The number of anilines is 1. The fraction of sp³-hybridized carbons (Fsp3) is 0.286. The number of carbonyl (C=O) groups excluding carboxylic acids is 1. The van der Waals surface area contributed by atoms with Crippen molar-refractivity contribution in [3.05, 3.63) is 59.1 Å². The summed E-state index contributed by atoms with van der Waals surface area (Å²) in [5.41, 5.74) is 1.70. The zero-order chi connectivity index (χ0) is 23.4. The van der Waals surface area contributed by atoms with E-state index in [1.165, 1.54) is 0 Å². The number of carboxylic acids is 2. The molecule has 0 aliphatic rings. The topological polar surface area (TPSA) is 128 Å². The van der Waals surface area contributed by atoms with E-state index in [0.717, 1.165) is 18.5 Å². The number of ether oxygens (including phenoxy) is 1. The summed E-state index contributed by atoms with van der Waals surface area (Å²) in [5.74, 6) is -2.95. The SMILES string of the molecule is COc1cccc(NC(=O)NC(CCN(C)C)c2ccc(Cl)cc2)c1.O=C(O)C(=O)O. The van der Waals surface area contributed by atoms with Crippen molar-refractivity contribution in [2.45, 2.75) is 12.5 Å². The standard InChI is InChI=1S/C19H24ClN3O2.C2H2O4/c1-23(2)12-11-18(14-7-9-15(20)10-8-14)22-19(24)21-16-5-4-6-17(13-16)25-3;3-1(4)2(5)6/h4-10,13,18H,11-12H2,1-3H3,(H2,21,22,24);(H,3,4)(H,5,6). The smallest absolute Gasteiger partial charge is 0.414 e. The molecule has 1 atom stereocenters.